The lowest BCUT2D eigenvalue weighted by atomic mass is 10.2. The maximum absolute atomic E-state index is 9.67. The summed E-state index contributed by atoms with van der Waals surface area (Å²) in [6, 6.07) is 7.73. The molecule has 0 unspecified atom stereocenters. The van der Waals surface area contributed by atoms with Crippen LogP contribution in [-0.4, -0.2) is 20.4 Å². The minimum atomic E-state index is -0.135. The van der Waals surface area contributed by atoms with Crippen molar-refractivity contribution in [3.63, 3.8) is 0 Å². The van der Waals surface area contributed by atoms with Crippen molar-refractivity contribution < 1.29 is 19.2 Å². The van der Waals surface area contributed by atoms with Crippen molar-refractivity contribution >= 4 is 0 Å². The van der Waals surface area contributed by atoms with Crippen LogP contribution in [0.2, 0.25) is 0 Å². The molecule has 0 fully saturated rings. The molecule has 0 radical (unpaired) electrons. The number of furan rings is 1. The molecule has 90 valence electrons. The Hall–Kier alpha value is -2.76. The quantitative estimate of drug-likeness (QED) is 0.719. The Morgan fingerprint density at radius 1 is 1.00 bits per heavy atom. The molecular formula is C12H8N2O4. The van der Waals surface area contributed by atoms with Crippen molar-refractivity contribution in [2.24, 2.45) is 0 Å². The lowest BCUT2D eigenvalue weighted by molar-refractivity contribution is 0.414. The number of aromatic nitrogens is 2. The zero-order chi connectivity index (χ0) is 12.5. The SMILES string of the molecule is Oc1cccc(O)c1-c1nc(-c2ccco2)no1. The molecule has 6 heteroatoms. The smallest absolute Gasteiger partial charge is 0.265 e. The molecule has 6 nitrogen and oxygen atoms in total. The Bertz CT molecular complexity index is 653. The Balaban J connectivity index is 2.09. The van der Waals surface area contributed by atoms with E-state index in [4.69, 9.17) is 8.94 Å². The monoisotopic (exact) mass is 244 g/mol. The third kappa shape index (κ3) is 1.60. The van der Waals surface area contributed by atoms with Gasteiger partial charge in [-0.1, -0.05) is 11.2 Å². The van der Waals surface area contributed by atoms with Crippen LogP contribution in [0, 0.1) is 0 Å². The van der Waals surface area contributed by atoms with Gasteiger partial charge in [0.25, 0.3) is 5.89 Å². The fraction of sp³-hybridized carbons (Fsp3) is 0. The van der Waals surface area contributed by atoms with Crippen LogP contribution in [0.1, 0.15) is 0 Å². The fourth-order valence-electron chi connectivity index (χ4n) is 1.58. The first-order valence-corrected chi connectivity index (χ1v) is 5.14. The van der Waals surface area contributed by atoms with Crippen molar-refractivity contribution in [1.29, 1.82) is 0 Å². The lowest BCUT2D eigenvalue weighted by Gasteiger charge is -2.00. The third-order valence-corrected chi connectivity index (χ3v) is 2.40. The highest BCUT2D eigenvalue weighted by Crippen LogP contribution is 2.36. The molecule has 2 N–H and O–H groups in total. The first kappa shape index (κ1) is 10.4. The summed E-state index contributed by atoms with van der Waals surface area (Å²) >= 11 is 0. The molecule has 1 aromatic carbocycles. The highest BCUT2D eigenvalue weighted by Gasteiger charge is 2.18. The largest absolute Gasteiger partial charge is 0.507 e. The molecule has 2 aromatic heterocycles. The van der Waals surface area contributed by atoms with E-state index in [1.165, 1.54) is 24.5 Å². The van der Waals surface area contributed by atoms with Gasteiger partial charge in [-0.2, -0.15) is 4.98 Å². The van der Waals surface area contributed by atoms with Gasteiger partial charge in [-0.05, 0) is 24.3 Å². The molecule has 3 aromatic rings. The van der Waals surface area contributed by atoms with Gasteiger partial charge in [-0.3, -0.25) is 0 Å². The van der Waals surface area contributed by atoms with Crippen LogP contribution in [0.15, 0.2) is 45.5 Å². The Labute approximate surface area is 101 Å². The fourth-order valence-corrected chi connectivity index (χ4v) is 1.58. The zero-order valence-electron chi connectivity index (χ0n) is 9.07. The van der Waals surface area contributed by atoms with E-state index in [1.54, 1.807) is 12.1 Å². The van der Waals surface area contributed by atoms with Crippen molar-refractivity contribution in [1.82, 2.24) is 10.1 Å². The van der Waals surface area contributed by atoms with Crippen molar-refractivity contribution in [2.45, 2.75) is 0 Å². The minimum Gasteiger partial charge on any atom is -0.507 e. The van der Waals surface area contributed by atoms with E-state index in [2.05, 4.69) is 10.1 Å². The minimum absolute atomic E-state index is 0.0250. The Morgan fingerprint density at radius 2 is 1.78 bits per heavy atom. The highest BCUT2D eigenvalue weighted by molar-refractivity contribution is 5.70. The normalized spacial score (nSPS) is 10.7. The predicted octanol–water partition coefficient (Wildman–Crippen LogP) is 2.41. The molecule has 0 aliphatic heterocycles. The maximum atomic E-state index is 9.67. The number of phenolic OH excluding ortho intramolecular Hbond substituents is 2. The molecule has 0 saturated heterocycles. The molecule has 3 rings (SSSR count). The molecule has 0 spiro atoms. The van der Waals surface area contributed by atoms with Gasteiger partial charge in [-0.25, -0.2) is 0 Å². The van der Waals surface area contributed by atoms with Gasteiger partial charge in [0.1, 0.15) is 17.1 Å². The maximum Gasteiger partial charge on any atom is 0.265 e. The van der Waals surface area contributed by atoms with E-state index in [0.717, 1.165) is 0 Å². The average Bonchev–Trinajstić information content (AvgIpc) is 2.99. The summed E-state index contributed by atoms with van der Waals surface area (Å²) in [5.41, 5.74) is 0.0998. The van der Waals surface area contributed by atoms with Gasteiger partial charge in [0.05, 0.1) is 6.26 Å². The Kier molecular flexibility index (Phi) is 2.26. The standard InChI is InChI=1S/C12H8N2O4/c15-7-3-1-4-8(16)10(7)12-13-11(14-18-12)9-5-2-6-17-9/h1-6,15-16H. The van der Waals surface area contributed by atoms with Crippen molar-refractivity contribution in [3.8, 4) is 34.5 Å². The first-order valence-electron chi connectivity index (χ1n) is 5.14. The zero-order valence-corrected chi connectivity index (χ0v) is 9.07. The van der Waals surface area contributed by atoms with E-state index in [-0.39, 0.29) is 28.8 Å². The lowest BCUT2D eigenvalue weighted by Crippen LogP contribution is -1.81. The number of hydrogen-bond acceptors (Lipinski definition) is 6. The summed E-state index contributed by atoms with van der Waals surface area (Å²) in [7, 11) is 0. The van der Waals surface area contributed by atoms with Crippen LogP contribution in [0.25, 0.3) is 23.0 Å². The van der Waals surface area contributed by atoms with E-state index < -0.39 is 0 Å². The number of nitrogens with zero attached hydrogens (tertiary/aromatic N) is 2. The van der Waals surface area contributed by atoms with Gasteiger partial charge >= 0.3 is 0 Å². The van der Waals surface area contributed by atoms with E-state index in [0.29, 0.717) is 5.76 Å². The second-order valence-corrected chi connectivity index (χ2v) is 3.57. The number of aromatic hydroxyl groups is 2. The molecule has 0 bridgehead atoms. The summed E-state index contributed by atoms with van der Waals surface area (Å²) in [5.74, 6) is 0.448. The summed E-state index contributed by atoms with van der Waals surface area (Å²) in [6.07, 6.45) is 1.49. The van der Waals surface area contributed by atoms with E-state index >= 15 is 0 Å². The van der Waals surface area contributed by atoms with E-state index in [1.807, 2.05) is 0 Å². The van der Waals surface area contributed by atoms with Crippen LogP contribution < -0.4 is 0 Å². The molecule has 0 atom stereocenters. The highest BCUT2D eigenvalue weighted by atomic mass is 16.5. The topological polar surface area (TPSA) is 92.5 Å². The molecule has 0 saturated carbocycles. The second-order valence-electron chi connectivity index (χ2n) is 3.57. The summed E-state index contributed by atoms with van der Waals surface area (Å²) in [4.78, 5) is 4.05. The van der Waals surface area contributed by atoms with Gasteiger partial charge in [0.15, 0.2) is 5.76 Å². The van der Waals surface area contributed by atoms with Crippen LogP contribution in [-0.2, 0) is 0 Å². The van der Waals surface area contributed by atoms with Gasteiger partial charge in [0.2, 0.25) is 5.82 Å². The van der Waals surface area contributed by atoms with Crippen LogP contribution in [0.4, 0.5) is 0 Å². The average molecular weight is 244 g/mol. The van der Waals surface area contributed by atoms with Crippen LogP contribution in [0.3, 0.4) is 0 Å². The number of hydrogen-bond donors (Lipinski definition) is 2. The summed E-state index contributed by atoms with van der Waals surface area (Å²) < 4.78 is 10.1. The number of rotatable bonds is 2. The summed E-state index contributed by atoms with van der Waals surface area (Å²) in [5, 5.41) is 23.1. The molecule has 2 heterocycles. The van der Waals surface area contributed by atoms with Gasteiger partial charge in [-0.15, -0.1) is 0 Å². The Morgan fingerprint density at radius 3 is 2.44 bits per heavy atom. The van der Waals surface area contributed by atoms with Gasteiger partial charge in [0, 0.05) is 0 Å². The first-order chi connectivity index (χ1) is 8.75. The van der Waals surface area contributed by atoms with E-state index in [9.17, 15) is 10.2 Å². The molecule has 0 aliphatic rings. The second kappa shape index (κ2) is 3.92. The van der Waals surface area contributed by atoms with Gasteiger partial charge < -0.3 is 19.2 Å². The molecular weight excluding hydrogens is 236 g/mol. The molecule has 18 heavy (non-hydrogen) atoms. The summed E-state index contributed by atoms with van der Waals surface area (Å²) in [6.45, 7) is 0. The number of benzene rings is 1. The van der Waals surface area contributed by atoms with Crippen LogP contribution in [0.5, 0.6) is 11.5 Å². The molecule has 0 amide bonds. The predicted molar refractivity (Wildman–Crippen MR) is 60.8 cm³/mol. The van der Waals surface area contributed by atoms with Crippen molar-refractivity contribution in [2.75, 3.05) is 0 Å². The number of phenols is 2. The molecule has 0 aliphatic carbocycles. The van der Waals surface area contributed by atoms with Crippen molar-refractivity contribution in [3.05, 3.63) is 36.6 Å². The third-order valence-electron chi connectivity index (χ3n) is 2.40. The van der Waals surface area contributed by atoms with Crippen LogP contribution >= 0.6 is 0 Å².